The number of aromatic nitrogens is 2. The lowest BCUT2D eigenvalue weighted by Gasteiger charge is -2.05. The topological polar surface area (TPSA) is 34.9 Å². The molecule has 3 nitrogen and oxygen atoms in total. The number of aryl methyl sites for hydroxylation is 2. The van der Waals surface area contributed by atoms with E-state index in [2.05, 4.69) is 4.98 Å². The molecule has 0 aliphatic rings. The standard InChI is InChI=1S/C14H16N2O/c1-11-12(2)16(10-15-11)9-8-14(17)13-6-4-3-5-7-13/h3-7,10H,8-9H2,1-2H3. The Morgan fingerprint density at radius 1 is 1.24 bits per heavy atom. The molecule has 3 heteroatoms. The highest BCUT2D eigenvalue weighted by Crippen LogP contribution is 2.08. The van der Waals surface area contributed by atoms with Crippen molar-refractivity contribution in [3.8, 4) is 0 Å². The summed E-state index contributed by atoms with van der Waals surface area (Å²) in [5.41, 5.74) is 2.94. The van der Waals surface area contributed by atoms with E-state index >= 15 is 0 Å². The number of imidazole rings is 1. The molecular weight excluding hydrogens is 212 g/mol. The Kier molecular flexibility index (Phi) is 3.38. The van der Waals surface area contributed by atoms with Gasteiger partial charge < -0.3 is 4.57 Å². The first-order valence-electron chi connectivity index (χ1n) is 5.75. The van der Waals surface area contributed by atoms with Crippen LogP contribution in [0.2, 0.25) is 0 Å². The van der Waals surface area contributed by atoms with Crippen molar-refractivity contribution >= 4 is 5.78 Å². The van der Waals surface area contributed by atoms with E-state index in [0.29, 0.717) is 13.0 Å². The zero-order valence-corrected chi connectivity index (χ0v) is 10.2. The average molecular weight is 228 g/mol. The summed E-state index contributed by atoms with van der Waals surface area (Å²) in [6.07, 6.45) is 2.31. The summed E-state index contributed by atoms with van der Waals surface area (Å²) >= 11 is 0. The van der Waals surface area contributed by atoms with Crippen molar-refractivity contribution in [3.63, 3.8) is 0 Å². The van der Waals surface area contributed by atoms with Crippen LogP contribution in [-0.4, -0.2) is 15.3 Å². The molecule has 1 heterocycles. The fraction of sp³-hybridized carbons (Fsp3) is 0.286. The van der Waals surface area contributed by atoms with Gasteiger partial charge in [0.15, 0.2) is 5.78 Å². The molecule has 17 heavy (non-hydrogen) atoms. The van der Waals surface area contributed by atoms with E-state index in [1.165, 1.54) is 0 Å². The predicted molar refractivity (Wildman–Crippen MR) is 67.1 cm³/mol. The van der Waals surface area contributed by atoms with Crippen LogP contribution < -0.4 is 0 Å². The van der Waals surface area contributed by atoms with E-state index in [0.717, 1.165) is 17.0 Å². The molecule has 2 aromatic rings. The van der Waals surface area contributed by atoms with Gasteiger partial charge in [-0.05, 0) is 13.8 Å². The number of hydrogen-bond acceptors (Lipinski definition) is 2. The van der Waals surface area contributed by atoms with Gasteiger partial charge in [0, 0.05) is 24.2 Å². The van der Waals surface area contributed by atoms with Crippen molar-refractivity contribution < 1.29 is 4.79 Å². The lowest BCUT2D eigenvalue weighted by atomic mass is 10.1. The van der Waals surface area contributed by atoms with Gasteiger partial charge in [-0.25, -0.2) is 4.98 Å². The maximum atomic E-state index is 11.9. The predicted octanol–water partition coefficient (Wildman–Crippen LogP) is 2.77. The van der Waals surface area contributed by atoms with Crippen molar-refractivity contribution in [2.75, 3.05) is 0 Å². The van der Waals surface area contributed by atoms with Gasteiger partial charge in [-0.1, -0.05) is 30.3 Å². The highest BCUT2D eigenvalue weighted by Gasteiger charge is 2.07. The molecule has 0 saturated carbocycles. The van der Waals surface area contributed by atoms with Crippen LogP contribution in [0.3, 0.4) is 0 Å². The van der Waals surface area contributed by atoms with Gasteiger partial charge in [0.05, 0.1) is 12.0 Å². The van der Waals surface area contributed by atoms with Gasteiger partial charge in [0.2, 0.25) is 0 Å². The Labute approximate surface area is 101 Å². The molecule has 2 rings (SSSR count). The van der Waals surface area contributed by atoms with Crippen molar-refractivity contribution in [2.24, 2.45) is 0 Å². The zero-order chi connectivity index (χ0) is 12.3. The number of benzene rings is 1. The SMILES string of the molecule is Cc1ncn(CCC(=O)c2ccccc2)c1C. The van der Waals surface area contributed by atoms with E-state index in [-0.39, 0.29) is 5.78 Å². The second-order valence-corrected chi connectivity index (χ2v) is 4.15. The molecular formula is C14H16N2O. The first-order valence-corrected chi connectivity index (χ1v) is 5.75. The Hall–Kier alpha value is -1.90. The van der Waals surface area contributed by atoms with Crippen molar-refractivity contribution in [1.82, 2.24) is 9.55 Å². The van der Waals surface area contributed by atoms with Gasteiger partial charge >= 0.3 is 0 Å². The molecule has 0 N–H and O–H groups in total. The maximum Gasteiger partial charge on any atom is 0.164 e. The zero-order valence-electron chi connectivity index (χ0n) is 10.2. The second kappa shape index (κ2) is 4.95. The van der Waals surface area contributed by atoms with E-state index in [9.17, 15) is 4.79 Å². The average Bonchev–Trinajstić information content (AvgIpc) is 2.68. The molecule has 0 spiro atoms. The monoisotopic (exact) mass is 228 g/mol. The van der Waals surface area contributed by atoms with Crippen molar-refractivity contribution in [1.29, 1.82) is 0 Å². The summed E-state index contributed by atoms with van der Waals surface area (Å²) in [5.74, 6) is 0.177. The highest BCUT2D eigenvalue weighted by atomic mass is 16.1. The Bertz CT molecular complexity index is 514. The molecule has 0 saturated heterocycles. The third kappa shape index (κ3) is 2.61. The minimum absolute atomic E-state index is 0.177. The van der Waals surface area contributed by atoms with Crippen molar-refractivity contribution in [3.05, 3.63) is 53.6 Å². The molecule has 0 atom stereocenters. The number of hydrogen-bond donors (Lipinski definition) is 0. The first-order chi connectivity index (χ1) is 8.18. The summed E-state index contributed by atoms with van der Waals surface area (Å²) < 4.78 is 2.02. The van der Waals surface area contributed by atoms with E-state index < -0.39 is 0 Å². The molecule has 0 unspecified atom stereocenters. The van der Waals surface area contributed by atoms with Gasteiger partial charge in [-0.2, -0.15) is 0 Å². The highest BCUT2D eigenvalue weighted by molar-refractivity contribution is 5.95. The molecule has 0 aliphatic heterocycles. The van der Waals surface area contributed by atoms with Crippen LogP contribution in [-0.2, 0) is 6.54 Å². The van der Waals surface area contributed by atoms with E-state index in [4.69, 9.17) is 0 Å². The summed E-state index contributed by atoms with van der Waals surface area (Å²) in [4.78, 5) is 16.1. The number of rotatable bonds is 4. The molecule has 0 amide bonds. The van der Waals surface area contributed by atoms with Crippen LogP contribution >= 0.6 is 0 Å². The summed E-state index contributed by atoms with van der Waals surface area (Å²) in [5, 5.41) is 0. The summed E-state index contributed by atoms with van der Waals surface area (Å²) in [7, 11) is 0. The number of nitrogens with zero attached hydrogens (tertiary/aromatic N) is 2. The minimum atomic E-state index is 0.177. The van der Waals surface area contributed by atoms with Crippen LogP contribution in [0.15, 0.2) is 36.7 Å². The van der Waals surface area contributed by atoms with Crippen LogP contribution in [0.5, 0.6) is 0 Å². The number of carbonyl (C=O) groups excluding carboxylic acids is 1. The third-order valence-electron chi connectivity index (χ3n) is 3.02. The second-order valence-electron chi connectivity index (χ2n) is 4.15. The molecule has 0 aliphatic carbocycles. The van der Waals surface area contributed by atoms with Gasteiger partial charge in [-0.15, -0.1) is 0 Å². The molecule has 88 valence electrons. The largest absolute Gasteiger partial charge is 0.334 e. The van der Waals surface area contributed by atoms with Crippen LogP contribution in [0, 0.1) is 13.8 Å². The minimum Gasteiger partial charge on any atom is -0.334 e. The molecule has 0 bridgehead atoms. The fourth-order valence-electron chi connectivity index (χ4n) is 1.76. The lowest BCUT2D eigenvalue weighted by molar-refractivity contribution is 0.0977. The molecule has 1 aromatic heterocycles. The van der Waals surface area contributed by atoms with Gasteiger partial charge in [0.25, 0.3) is 0 Å². The summed E-state index contributed by atoms with van der Waals surface area (Å²) in [6, 6.07) is 9.41. The van der Waals surface area contributed by atoms with Crippen molar-refractivity contribution in [2.45, 2.75) is 26.8 Å². The fourth-order valence-corrected chi connectivity index (χ4v) is 1.76. The number of ketones is 1. The quantitative estimate of drug-likeness (QED) is 0.754. The van der Waals surface area contributed by atoms with Crippen LogP contribution in [0.25, 0.3) is 0 Å². The van der Waals surface area contributed by atoms with Crippen LogP contribution in [0.1, 0.15) is 28.2 Å². The van der Waals surface area contributed by atoms with Gasteiger partial charge in [0.1, 0.15) is 0 Å². The van der Waals surface area contributed by atoms with Crippen LogP contribution in [0.4, 0.5) is 0 Å². The Balaban J connectivity index is 2.00. The maximum absolute atomic E-state index is 11.9. The van der Waals surface area contributed by atoms with E-state index in [1.54, 1.807) is 6.33 Å². The Morgan fingerprint density at radius 2 is 1.94 bits per heavy atom. The lowest BCUT2D eigenvalue weighted by Crippen LogP contribution is -2.06. The van der Waals surface area contributed by atoms with Gasteiger partial charge in [-0.3, -0.25) is 4.79 Å². The summed E-state index contributed by atoms with van der Waals surface area (Å²) in [6.45, 7) is 4.70. The van der Waals surface area contributed by atoms with E-state index in [1.807, 2.05) is 48.7 Å². The first kappa shape index (κ1) is 11.6. The third-order valence-corrected chi connectivity index (χ3v) is 3.02. The smallest absolute Gasteiger partial charge is 0.164 e. The molecule has 1 aromatic carbocycles. The molecule has 0 radical (unpaired) electrons. The molecule has 0 fully saturated rings. The normalized spacial score (nSPS) is 10.5. The number of Topliss-reactive ketones (excluding diaryl/α,β-unsaturated/α-hetero) is 1. The number of carbonyl (C=O) groups is 1. The Morgan fingerprint density at radius 3 is 2.53 bits per heavy atom.